The fraction of sp³-hybridized carbons (Fsp3) is 0.861. The van der Waals surface area contributed by atoms with Crippen LogP contribution in [-0.4, -0.2) is 68.5 Å². The van der Waals surface area contributed by atoms with Gasteiger partial charge in [-0.1, -0.05) is 134 Å². The number of phosphoric ester groups is 1. The van der Waals surface area contributed by atoms with Crippen LogP contribution in [0.5, 0.6) is 0 Å². The van der Waals surface area contributed by atoms with Crippen LogP contribution < -0.4 is 10.2 Å². The molecule has 0 aromatic rings. The van der Waals surface area contributed by atoms with E-state index in [0.29, 0.717) is 17.4 Å². The summed E-state index contributed by atoms with van der Waals surface area (Å²) in [7, 11) is 1.24. The quantitative estimate of drug-likeness (QED) is 0.0325. The first-order chi connectivity index (χ1) is 21.5. The summed E-state index contributed by atoms with van der Waals surface area (Å²) in [4.78, 5) is 25.1. The zero-order chi connectivity index (χ0) is 33.7. The molecule has 9 heteroatoms. The van der Waals surface area contributed by atoms with E-state index < -0.39 is 26.6 Å². The minimum absolute atomic E-state index is 0.00497. The highest BCUT2D eigenvalue weighted by molar-refractivity contribution is 7.45. The molecule has 0 bridgehead atoms. The summed E-state index contributed by atoms with van der Waals surface area (Å²) in [6, 6.07) is -0.894. The minimum atomic E-state index is -4.58. The number of nitrogens with zero attached hydrogens (tertiary/aromatic N) is 1. The Hall–Kier alpha value is -1.02. The van der Waals surface area contributed by atoms with Crippen LogP contribution in [0.1, 0.15) is 149 Å². The molecule has 0 spiro atoms. The molecule has 266 valence electrons. The van der Waals surface area contributed by atoms with Gasteiger partial charge in [-0.25, -0.2) is 0 Å². The normalized spacial score (nSPS) is 15.1. The van der Waals surface area contributed by atoms with Crippen molar-refractivity contribution in [3.8, 4) is 0 Å². The highest BCUT2D eigenvalue weighted by atomic mass is 31.2. The van der Waals surface area contributed by atoms with Gasteiger partial charge >= 0.3 is 0 Å². The van der Waals surface area contributed by atoms with Crippen molar-refractivity contribution < 1.29 is 32.9 Å². The van der Waals surface area contributed by atoms with Gasteiger partial charge in [-0.05, 0) is 32.1 Å². The second-order valence-corrected chi connectivity index (χ2v) is 15.0. The third kappa shape index (κ3) is 31.4. The van der Waals surface area contributed by atoms with Crippen LogP contribution in [0.4, 0.5) is 0 Å². The van der Waals surface area contributed by atoms with Crippen molar-refractivity contribution >= 4 is 13.7 Å². The fourth-order valence-electron chi connectivity index (χ4n) is 4.93. The lowest BCUT2D eigenvalue weighted by Crippen LogP contribution is -2.45. The van der Waals surface area contributed by atoms with E-state index in [2.05, 4.69) is 31.3 Å². The summed E-state index contributed by atoms with van der Waals surface area (Å²) in [5.74, 6) is -0.212. The van der Waals surface area contributed by atoms with Crippen molar-refractivity contribution in [3.05, 3.63) is 24.3 Å². The molecule has 0 aromatic carbocycles. The smallest absolute Gasteiger partial charge is 0.268 e. The van der Waals surface area contributed by atoms with Gasteiger partial charge in [0.05, 0.1) is 39.9 Å². The third-order valence-corrected chi connectivity index (χ3v) is 8.88. The predicted octanol–water partition coefficient (Wildman–Crippen LogP) is 8.38. The molecule has 0 heterocycles. The Kier molecular flexibility index (Phi) is 28.5. The standard InChI is InChI=1S/C36H71N2O6P/c1-6-8-10-12-14-16-18-20-21-23-25-27-29-35(39)34(33-44-45(41,42)43-32-31-38(3,4)5)37-36(40)30-28-26-24-22-19-17-15-13-11-9-7-2/h20-21,27,29,34-35,39H,6-19,22-26,28,30-33H2,1-5H3,(H-,37,40,41,42)/b21-20+,29-27+. The van der Waals surface area contributed by atoms with Gasteiger partial charge in [0, 0.05) is 6.42 Å². The van der Waals surface area contributed by atoms with Gasteiger partial charge < -0.3 is 28.8 Å². The molecule has 0 radical (unpaired) electrons. The number of unbranched alkanes of at least 4 members (excludes halogenated alkanes) is 17. The number of aliphatic hydroxyl groups is 1. The van der Waals surface area contributed by atoms with Crippen molar-refractivity contribution in [3.63, 3.8) is 0 Å². The minimum Gasteiger partial charge on any atom is -0.756 e. The predicted molar refractivity (Wildman–Crippen MR) is 187 cm³/mol. The van der Waals surface area contributed by atoms with Crippen LogP contribution in [0.15, 0.2) is 24.3 Å². The number of carbonyl (C=O) groups excluding carboxylic acids is 1. The number of quaternary nitrogens is 1. The number of aliphatic hydroxyl groups excluding tert-OH is 1. The van der Waals surface area contributed by atoms with E-state index in [1.54, 1.807) is 6.08 Å². The molecule has 3 unspecified atom stereocenters. The van der Waals surface area contributed by atoms with Gasteiger partial charge in [0.1, 0.15) is 13.2 Å². The maximum atomic E-state index is 12.7. The zero-order valence-corrected chi connectivity index (χ0v) is 30.7. The topological polar surface area (TPSA) is 108 Å². The summed E-state index contributed by atoms with van der Waals surface area (Å²) >= 11 is 0. The number of likely N-dealkylation sites (N-methyl/N-ethyl adjacent to an activating group) is 1. The molecule has 0 fully saturated rings. The lowest BCUT2D eigenvalue weighted by molar-refractivity contribution is -0.870. The number of rotatable bonds is 32. The van der Waals surface area contributed by atoms with Crippen molar-refractivity contribution in [1.82, 2.24) is 5.32 Å². The second-order valence-electron chi connectivity index (χ2n) is 13.6. The van der Waals surface area contributed by atoms with E-state index in [0.717, 1.165) is 38.5 Å². The maximum absolute atomic E-state index is 12.7. The first kappa shape index (κ1) is 44.0. The zero-order valence-electron chi connectivity index (χ0n) is 29.8. The molecule has 0 aliphatic rings. The molecule has 0 saturated heterocycles. The SMILES string of the molecule is CCCCCCCC/C=C/CC/C=C/C(O)C(COP(=O)([O-])OCC[N+](C)(C)C)NC(=O)CCCCCCCCCCCCC. The Morgan fingerprint density at radius 2 is 1.24 bits per heavy atom. The Balaban J connectivity index is 4.64. The van der Waals surface area contributed by atoms with Crippen LogP contribution in [0, 0.1) is 0 Å². The van der Waals surface area contributed by atoms with E-state index in [-0.39, 0.29) is 12.5 Å². The van der Waals surface area contributed by atoms with Crippen molar-refractivity contribution in [2.75, 3.05) is 40.9 Å². The molecule has 0 saturated carbocycles. The van der Waals surface area contributed by atoms with Gasteiger partial charge in [-0.3, -0.25) is 9.36 Å². The number of amides is 1. The van der Waals surface area contributed by atoms with Crippen LogP contribution >= 0.6 is 7.82 Å². The lowest BCUT2D eigenvalue weighted by Gasteiger charge is -2.29. The van der Waals surface area contributed by atoms with E-state index >= 15 is 0 Å². The fourth-order valence-corrected chi connectivity index (χ4v) is 5.65. The number of hydrogen-bond acceptors (Lipinski definition) is 6. The number of hydrogen-bond donors (Lipinski definition) is 2. The Morgan fingerprint density at radius 1 is 0.756 bits per heavy atom. The third-order valence-electron chi connectivity index (χ3n) is 7.91. The Bertz CT molecular complexity index is 799. The highest BCUT2D eigenvalue weighted by Gasteiger charge is 2.23. The Labute approximate surface area is 277 Å². The highest BCUT2D eigenvalue weighted by Crippen LogP contribution is 2.38. The van der Waals surface area contributed by atoms with Crippen LogP contribution in [-0.2, 0) is 18.4 Å². The summed E-state index contributed by atoms with van der Waals surface area (Å²) in [6.45, 7) is 4.57. The largest absolute Gasteiger partial charge is 0.756 e. The molecular weight excluding hydrogens is 587 g/mol. The monoisotopic (exact) mass is 659 g/mol. The summed E-state index contributed by atoms with van der Waals surface area (Å²) in [5.41, 5.74) is 0. The van der Waals surface area contributed by atoms with E-state index in [9.17, 15) is 19.4 Å². The van der Waals surface area contributed by atoms with Gasteiger partial charge in [-0.2, -0.15) is 0 Å². The second kappa shape index (κ2) is 29.1. The van der Waals surface area contributed by atoms with Crippen molar-refractivity contribution in [2.45, 2.75) is 161 Å². The van der Waals surface area contributed by atoms with Gasteiger partial charge in [0.2, 0.25) is 5.91 Å². The number of carbonyl (C=O) groups is 1. The summed E-state index contributed by atoms with van der Waals surface area (Å²) in [6.07, 6.45) is 30.8. The van der Waals surface area contributed by atoms with E-state index in [1.165, 1.54) is 89.9 Å². The van der Waals surface area contributed by atoms with Crippen LogP contribution in [0.2, 0.25) is 0 Å². The van der Waals surface area contributed by atoms with Crippen LogP contribution in [0.3, 0.4) is 0 Å². The average molecular weight is 659 g/mol. The number of nitrogens with one attached hydrogen (secondary N) is 1. The van der Waals surface area contributed by atoms with Gasteiger partial charge in [-0.15, -0.1) is 0 Å². The van der Waals surface area contributed by atoms with Gasteiger partial charge in [0.15, 0.2) is 0 Å². The molecule has 45 heavy (non-hydrogen) atoms. The molecule has 3 atom stereocenters. The maximum Gasteiger partial charge on any atom is 0.268 e. The number of phosphoric acid groups is 1. The summed E-state index contributed by atoms with van der Waals surface area (Å²) < 4.78 is 23.0. The lowest BCUT2D eigenvalue weighted by atomic mass is 10.0. The molecule has 0 aliphatic carbocycles. The molecule has 0 aliphatic heterocycles. The molecule has 8 nitrogen and oxygen atoms in total. The molecule has 0 rings (SSSR count). The Morgan fingerprint density at radius 3 is 1.80 bits per heavy atom. The molecule has 0 aromatic heterocycles. The van der Waals surface area contributed by atoms with Crippen molar-refractivity contribution in [1.29, 1.82) is 0 Å². The number of allylic oxidation sites excluding steroid dienone is 3. The van der Waals surface area contributed by atoms with E-state index in [1.807, 2.05) is 27.2 Å². The van der Waals surface area contributed by atoms with Crippen LogP contribution in [0.25, 0.3) is 0 Å². The molecule has 1 amide bonds. The van der Waals surface area contributed by atoms with Crippen molar-refractivity contribution in [2.24, 2.45) is 0 Å². The van der Waals surface area contributed by atoms with Gasteiger partial charge in [0.25, 0.3) is 7.82 Å². The first-order valence-electron chi connectivity index (χ1n) is 18.2. The average Bonchev–Trinajstić information content (AvgIpc) is 2.97. The van der Waals surface area contributed by atoms with E-state index in [4.69, 9.17) is 9.05 Å². The first-order valence-corrected chi connectivity index (χ1v) is 19.7. The summed E-state index contributed by atoms with van der Waals surface area (Å²) in [5, 5.41) is 13.6. The molecule has 2 N–H and O–H groups in total. The molecular formula is C36H71N2O6P.